The quantitative estimate of drug-likeness (QED) is 0.933. The molecule has 1 amide bonds. The van der Waals surface area contributed by atoms with Gasteiger partial charge in [0.1, 0.15) is 5.69 Å². The minimum atomic E-state index is -0.0713. The van der Waals surface area contributed by atoms with Crippen LogP contribution < -0.4 is 5.32 Å². The molecule has 0 saturated carbocycles. The highest BCUT2D eigenvalue weighted by Crippen LogP contribution is 2.24. The van der Waals surface area contributed by atoms with E-state index in [1.807, 2.05) is 37.6 Å². The molecule has 2 aromatic heterocycles. The van der Waals surface area contributed by atoms with Crippen LogP contribution in [0.5, 0.6) is 0 Å². The molecule has 0 radical (unpaired) electrons. The zero-order chi connectivity index (χ0) is 13.8. The average Bonchev–Trinajstić information content (AvgIpc) is 2.99. The van der Waals surface area contributed by atoms with Crippen LogP contribution in [0.25, 0.3) is 0 Å². The fraction of sp³-hybridized carbons (Fsp3) is 0.286. The van der Waals surface area contributed by atoms with Crippen LogP contribution in [-0.4, -0.2) is 29.9 Å². The summed E-state index contributed by atoms with van der Waals surface area (Å²) in [7, 11) is 3.63. The number of nitrogens with one attached hydrogen (secondary N) is 1. The number of anilines is 1. The van der Waals surface area contributed by atoms with Crippen molar-refractivity contribution in [2.24, 2.45) is 0 Å². The molecule has 0 aliphatic rings. The molecule has 4 nitrogen and oxygen atoms in total. The zero-order valence-electron chi connectivity index (χ0n) is 11.3. The smallest absolute Gasteiger partial charge is 0.272 e. The van der Waals surface area contributed by atoms with Crippen LogP contribution in [0.1, 0.15) is 28.3 Å². The molecule has 0 saturated heterocycles. The van der Waals surface area contributed by atoms with E-state index in [1.54, 1.807) is 35.5 Å². The summed E-state index contributed by atoms with van der Waals surface area (Å²) in [6.45, 7) is 2.02. The van der Waals surface area contributed by atoms with Crippen molar-refractivity contribution in [1.29, 1.82) is 0 Å². The van der Waals surface area contributed by atoms with Crippen LogP contribution in [0.3, 0.4) is 0 Å². The van der Waals surface area contributed by atoms with Crippen molar-refractivity contribution in [3.63, 3.8) is 0 Å². The molecule has 5 heteroatoms. The molecule has 2 rings (SSSR count). The van der Waals surface area contributed by atoms with Crippen molar-refractivity contribution in [2.45, 2.75) is 13.0 Å². The normalized spacial score (nSPS) is 11.9. The molecule has 0 aliphatic heterocycles. The Morgan fingerprint density at radius 3 is 2.89 bits per heavy atom. The lowest BCUT2D eigenvalue weighted by Gasteiger charge is -2.23. The van der Waals surface area contributed by atoms with E-state index in [4.69, 9.17) is 0 Å². The number of carbonyl (C=O) groups excluding carboxylic acids is 1. The van der Waals surface area contributed by atoms with Crippen molar-refractivity contribution < 1.29 is 4.79 Å². The van der Waals surface area contributed by atoms with Crippen LogP contribution in [0, 0.1) is 0 Å². The summed E-state index contributed by atoms with van der Waals surface area (Å²) in [5.74, 6) is -0.0713. The van der Waals surface area contributed by atoms with Crippen molar-refractivity contribution in [2.75, 3.05) is 19.4 Å². The van der Waals surface area contributed by atoms with Gasteiger partial charge < -0.3 is 10.2 Å². The highest BCUT2D eigenvalue weighted by Gasteiger charge is 2.20. The number of hydrogen-bond donors (Lipinski definition) is 1. The third kappa shape index (κ3) is 2.93. The third-order valence-electron chi connectivity index (χ3n) is 3.12. The van der Waals surface area contributed by atoms with Gasteiger partial charge in [0.15, 0.2) is 0 Å². The minimum absolute atomic E-state index is 0.0486. The topological polar surface area (TPSA) is 45.2 Å². The molecule has 0 aromatic carbocycles. The van der Waals surface area contributed by atoms with E-state index in [9.17, 15) is 4.79 Å². The SMILES string of the molecule is CNc1ccnc(C(=O)N(C)C(C)c2cccs2)c1. The van der Waals surface area contributed by atoms with Crippen LogP contribution in [-0.2, 0) is 0 Å². The van der Waals surface area contributed by atoms with Crippen molar-refractivity contribution in [1.82, 2.24) is 9.88 Å². The molecule has 1 atom stereocenters. The molecule has 0 fully saturated rings. The highest BCUT2D eigenvalue weighted by molar-refractivity contribution is 7.10. The van der Waals surface area contributed by atoms with E-state index < -0.39 is 0 Å². The molecule has 1 N–H and O–H groups in total. The van der Waals surface area contributed by atoms with Gasteiger partial charge in [0.2, 0.25) is 0 Å². The molecule has 0 bridgehead atoms. The van der Waals surface area contributed by atoms with E-state index in [1.165, 1.54) is 4.88 Å². The van der Waals surface area contributed by atoms with Gasteiger partial charge in [0, 0.05) is 30.9 Å². The summed E-state index contributed by atoms with van der Waals surface area (Å²) in [5.41, 5.74) is 1.34. The summed E-state index contributed by atoms with van der Waals surface area (Å²) >= 11 is 1.65. The lowest BCUT2D eigenvalue weighted by molar-refractivity contribution is 0.0739. The number of rotatable bonds is 4. The second kappa shape index (κ2) is 5.84. The Morgan fingerprint density at radius 1 is 1.47 bits per heavy atom. The number of hydrogen-bond acceptors (Lipinski definition) is 4. The average molecular weight is 275 g/mol. The Kier molecular flexibility index (Phi) is 4.16. The van der Waals surface area contributed by atoms with Crippen molar-refractivity contribution >= 4 is 22.9 Å². The molecule has 2 aromatic rings. The first-order chi connectivity index (χ1) is 9.13. The van der Waals surface area contributed by atoms with Crippen LogP contribution in [0.15, 0.2) is 35.8 Å². The number of carbonyl (C=O) groups is 1. The van der Waals surface area contributed by atoms with Crippen LogP contribution in [0.4, 0.5) is 5.69 Å². The Hall–Kier alpha value is -1.88. The Balaban J connectivity index is 2.18. The molecular formula is C14H17N3OS. The second-order valence-electron chi connectivity index (χ2n) is 4.29. The first kappa shape index (κ1) is 13.5. The number of aromatic nitrogens is 1. The van der Waals surface area contributed by atoms with E-state index in [2.05, 4.69) is 10.3 Å². The standard InChI is InChI=1S/C14H17N3OS/c1-10(13-5-4-8-19-13)17(3)14(18)12-9-11(15-2)6-7-16-12/h4-10H,1-3H3,(H,15,16). The van der Waals surface area contributed by atoms with Crippen molar-refractivity contribution in [3.05, 3.63) is 46.4 Å². The first-order valence-corrected chi connectivity index (χ1v) is 6.96. The summed E-state index contributed by atoms with van der Waals surface area (Å²) in [5, 5.41) is 5.03. The van der Waals surface area contributed by atoms with Crippen LogP contribution >= 0.6 is 11.3 Å². The van der Waals surface area contributed by atoms with Gasteiger partial charge >= 0.3 is 0 Å². The van der Waals surface area contributed by atoms with E-state index >= 15 is 0 Å². The maximum atomic E-state index is 12.4. The minimum Gasteiger partial charge on any atom is -0.388 e. The van der Waals surface area contributed by atoms with Gasteiger partial charge in [-0.1, -0.05) is 6.07 Å². The summed E-state index contributed by atoms with van der Waals surface area (Å²) in [6, 6.07) is 7.68. The summed E-state index contributed by atoms with van der Waals surface area (Å²) in [6.07, 6.45) is 1.64. The van der Waals surface area contributed by atoms with E-state index in [0.29, 0.717) is 5.69 Å². The maximum Gasteiger partial charge on any atom is 0.272 e. The summed E-state index contributed by atoms with van der Waals surface area (Å²) in [4.78, 5) is 19.4. The monoisotopic (exact) mass is 275 g/mol. The predicted octanol–water partition coefficient (Wildman–Crippen LogP) is 3.02. The summed E-state index contributed by atoms with van der Waals surface area (Å²) < 4.78 is 0. The number of amides is 1. The Labute approximate surface area is 117 Å². The van der Waals surface area contributed by atoms with E-state index in [0.717, 1.165) is 5.69 Å². The molecule has 1 unspecified atom stereocenters. The molecule has 0 spiro atoms. The molecule has 2 heterocycles. The Morgan fingerprint density at radius 2 is 2.26 bits per heavy atom. The number of pyridine rings is 1. The fourth-order valence-corrected chi connectivity index (χ4v) is 2.61. The van der Waals surface area contributed by atoms with Gasteiger partial charge in [0.05, 0.1) is 6.04 Å². The highest BCUT2D eigenvalue weighted by atomic mass is 32.1. The van der Waals surface area contributed by atoms with Gasteiger partial charge in [-0.25, -0.2) is 0 Å². The predicted molar refractivity (Wildman–Crippen MR) is 78.6 cm³/mol. The molecule has 100 valence electrons. The van der Waals surface area contributed by atoms with Crippen LogP contribution in [0.2, 0.25) is 0 Å². The van der Waals surface area contributed by atoms with Gasteiger partial charge in [-0.3, -0.25) is 9.78 Å². The second-order valence-corrected chi connectivity index (χ2v) is 5.27. The Bertz CT molecular complexity index is 554. The van der Waals surface area contributed by atoms with Gasteiger partial charge in [-0.15, -0.1) is 11.3 Å². The first-order valence-electron chi connectivity index (χ1n) is 6.08. The van der Waals surface area contributed by atoms with Gasteiger partial charge in [-0.2, -0.15) is 0 Å². The van der Waals surface area contributed by atoms with Crippen molar-refractivity contribution in [3.8, 4) is 0 Å². The largest absolute Gasteiger partial charge is 0.388 e. The zero-order valence-corrected chi connectivity index (χ0v) is 12.1. The van der Waals surface area contributed by atoms with Gasteiger partial charge in [0.25, 0.3) is 5.91 Å². The number of nitrogens with zero attached hydrogens (tertiary/aromatic N) is 2. The molecule has 0 aliphatic carbocycles. The maximum absolute atomic E-state index is 12.4. The lowest BCUT2D eigenvalue weighted by atomic mass is 10.2. The molecule has 19 heavy (non-hydrogen) atoms. The number of thiophene rings is 1. The van der Waals surface area contributed by atoms with Gasteiger partial charge in [-0.05, 0) is 30.5 Å². The molecular weight excluding hydrogens is 258 g/mol. The fourth-order valence-electron chi connectivity index (χ4n) is 1.78. The third-order valence-corrected chi connectivity index (χ3v) is 4.17. The van der Waals surface area contributed by atoms with E-state index in [-0.39, 0.29) is 11.9 Å². The lowest BCUT2D eigenvalue weighted by Crippen LogP contribution is -2.29.